The average Bonchev–Trinajstić information content (AvgIpc) is 2.21. The number of amides is 1. The van der Waals surface area contributed by atoms with E-state index in [2.05, 4.69) is 15.9 Å². The summed E-state index contributed by atoms with van der Waals surface area (Å²) in [4.78, 5) is 11.2. The lowest BCUT2D eigenvalue weighted by Crippen LogP contribution is -2.40. The lowest BCUT2D eigenvalue weighted by atomic mass is 10.2. The molecule has 0 spiro atoms. The lowest BCUT2D eigenvalue weighted by molar-refractivity contribution is -0.127. The first-order valence-electron chi connectivity index (χ1n) is 4.58. The monoisotopic (exact) mass is 306 g/mol. The number of nitrogens with two attached hydrogens (primary N) is 1. The second-order valence-corrected chi connectivity index (χ2v) is 4.63. The highest BCUT2D eigenvalue weighted by molar-refractivity contribution is 9.10. The quantitative estimate of drug-likeness (QED) is 0.511. The third-order valence-corrected chi connectivity index (χ3v) is 2.74. The minimum atomic E-state index is -0.692. The number of carbonyl (C=O) groups excluding carboxylic acids is 1. The summed E-state index contributed by atoms with van der Waals surface area (Å²) < 4.78 is 6.30. The fourth-order valence-electron chi connectivity index (χ4n) is 1.19. The van der Waals surface area contributed by atoms with E-state index >= 15 is 0 Å². The van der Waals surface area contributed by atoms with E-state index in [1.165, 1.54) is 0 Å². The molecule has 0 aliphatic rings. The Kier molecular flexibility index (Phi) is 4.58. The first-order valence-corrected chi connectivity index (χ1v) is 5.75. The fraction of sp³-hybridized carbons (Fsp3) is 0.300. The topological polar surface area (TPSA) is 64.3 Å². The molecule has 0 heterocycles. The van der Waals surface area contributed by atoms with Gasteiger partial charge in [-0.05, 0) is 31.5 Å². The molecule has 0 aliphatic carbocycles. The number of carbonyl (C=O) groups is 1. The SMILES string of the molecule is Cc1cc(Br)cc(Cl)c1OC(C)C(=O)NN. The molecule has 6 heteroatoms. The maximum Gasteiger partial charge on any atom is 0.274 e. The van der Waals surface area contributed by atoms with E-state index in [-0.39, 0.29) is 0 Å². The van der Waals surface area contributed by atoms with Gasteiger partial charge in [-0.15, -0.1) is 0 Å². The molecule has 0 saturated carbocycles. The molecule has 0 radical (unpaired) electrons. The Morgan fingerprint density at radius 3 is 2.75 bits per heavy atom. The zero-order chi connectivity index (χ0) is 12.3. The Balaban J connectivity index is 2.93. The molecule has 0 bridgehead atoms. The number of hydrogen-bond acceptors (Lipinski definition) is 3. The maximum atomic E-state index is 11.2. The molecule has 1 unspecified atom stereocenters. The van der Waals surface area contributed by atoms with Crippen LogP contribution in [0.25, 0.3) is 0 Å². The van der Waals surface area contributed by atoms with E-state index in [9.17, 15) is 4.79 Å². The number of halogens is 2. The van der Waals surface area contributed by atoms with Gasteiger partial charge in [0.1, 0.15) is 5.75 Å². The Labute approximate surface area is 107 Å². The van der Waals surface area contributed by atoms with Crippen molar-refractivity contribution in [3.63, 3.8) is 0 Å². The van der Waals surface area contributed by atoms with Gasteiger partial charge >= 0.3 is 0 Å². The molecule has 1 aromatic carbocycles. The van der Waals surface area contributed by atoms with E-state index in [4.69, 9.17) is 22.2 Å². The van der Waals surface area contributed by atoms with Gasteiger partial charge in [0.25, 0.3) is 5.91 Å². The van der Waals surface area contributed by atoms with Crippen LogP contribution in [0.15, 0.2) is 16.6 Å². The number of nitrogens with one attached hydrogen (secondary N) is 1. The van der Waals surface area contributed by atoms with E-state index in [0.717, 1.165) is 10.0 Å². The Hall–Kier alpha value is -0.780. The van der Waals surface area contributed by atoms with Crippen LogP contribution in [-0.2, 0) is 4.79 Å². The number of hydrogen-bond donors (Lipinski definition) is 2. The third kappa shape index (κ3) is 3.10. The number of hydrazine groups is 1. The van der Waals surface area contributed by atoms with Crippen molar-refractivity contribution in [3.05, 3.63) is 27.2 Å². The van der Waals surface area contributed by atoms with Crippen LogP contribution < -0.4 is 16.0 Å². The summed E-state index contributed by atoms with van der Waals surface area (Å²) in [5.41, 5.74) is 2.86. The van der Waals surface area contributed by atoms with Crippen molar-refractivity contribution in [1.29, 1.82) is 0 Å². The standard InChI is InChI=1S/C10H12BrClN2O2/c1-5-3-7(11)4-8(12)9(5)16-6(2)10(15)14-13/h3-4,6H,13H2,1-2H3,(H,14,15). The summed E-state index contributed by atoms with van der Waals surface area (Å²) in [5.74, 6) is 5.09. The molecule has 0 aliphatic heterocycles. The van der Waals surface area contributed by atoms with Gasteiger partial charge in [-0.2, -0.15) is 0 Å². The smallest absolute Gasteiger partial charge is 0.274 e. The van der Waals surface area contributed by atoms with Crippen molar-refractivity contribution in [2.75, 3.05) is 0 Å². The van der Waals surface area contributed by atoms with Gasteiger partial charge in [0.2, 0.25) is 0 Å². The van der Waals surface area contributed by atoms with E-state index in [0.29, 0.717) is 10.8 Å². The number of rotatable bonds is 3. The molecular weight excluding hydrogens is 295 g/mol. The van der Waals surface area contributed by atoms with Crippen LogP contribution in [0.3, 0.4) is 0 Å². The molecule has 0 fully saturated rings. The minimum absolute atomic E-state index is 0.404. The molecule has 1 aromatic rings. The van der Waals surface area contributed by atoms with E-state index in [1.807, 2.05) is 18.4 Å². The zero-order valence-corrected chi connectivity index (χ0v) is 11.2. The van der Waals surface area contributed by atoms with Crippen molar-refractivity contribution >= 4 is 33.4 Å². The largest absolute Gasteiger partial charge is 0.479 e. The molecule has 1 rings (SSSR count). The summed E-state index contributed by atoms with van der Waals surface area (Å²) in [7, 11) is 0. The summed E-state index contributed by atoms with van der Waals surface area (Å²) in [6, 6.07) is 3.56. The van der Waals surface area contributed by atoms with Gasteiger partial charge in [0.15, 0.2) is 6.10 Å². The van der Waals surface area contributed by atoms with Gasteiger partial charge in [-0.25, -0.2) is 5.84 Å². The predicted molar refractivity (Wildman–Crippen MR) is 66.3 cm³/mol. The van der Waals surface area contributed by atoms with Gasteiger partial charge in [0, 0.05) is 4.47 Å². The Morgan fingerprint density at radius 1 is 1.62 bits per heavy atom. The minimum Gasteiger partial charge on any atom is -0.479 e. The highest BCUT2D eigenvalue weighted by Gasteiger charge is 2.16. The van der Waals surface area contributed by atoms with Crippen molar-refractivity contribution in [1.82, 2.24) is 5.43 Å². The van der Waals surface area contributed by atoms with Crippen LogP contribution in [-0.4, -0.2) is 12.0 Å². The van der Waals surface area contributed by atoms with Crippen molar-refractivity contribution in [2.45, 2.75) is 20.0 Å². The van der Waals surface area contributed by atoms with Crippen LogP contribution >= 0.6 is 27.5 Å². The second-order valence-electron chi connectivity index (χ2n) is 3.30. The summed E-state index contributed by atoms with van der Waals surface area (Å²) in [5, 5.41) is 0.448. The fourth-order valence-corrected chi connectivity index (χ4v) is 2.20. The second kappa shape index (κ2) is 5.52. The van der Waals surface area contributed by atoms with Crippen molar-refractivity contribution < 1.29 is 9.53 Å². The molecule has 0 saturated heterocycles. The predicted octanol–water partition coefficient (Wildman–Crippen LogP) is 2.17. The lowest BCUT2D eigenvalue weighted by Gasteiger charge is -2.16. The number of aryl methyl sites for hydroxylation is 1. The van der Waals surface area contributed by atoms with Crippen LogP contribution in [0.5, 0.6) is 5.75 Å². The van der Waals surface area contributed by atoms with Gasteiger partial charge in [-0.3, -0.25) is 10.2 Å². The van der Waals surface area contributed by atoms with Gasteiger partial charge in [-0.1, -0.05) is 27.5 Å². The molecule has 1 atom stereocenters. The number of benzene rings is 1. The van der Waals surface area contributed by atoms with E-state index < -0.39 is 12.0 Å². The molecule has 3 N–H and O–H groups in total. The third-order valence-electron chi connectivity index (χ3n) is 2.00. The zero-order valence-electron chi connectivity index (χ0n) is 8.88. The number of ether oxygens (including phenoxy) is 1. The summed E-state index contributed by atoms with van der Waals surface area (Å²) in [6.45, 7) is 3.44. The first kappa shape index (κ1) is 13.3. The molecule has 1 amide bonds. The van der Waals surface area contributed by atoms with Gasteiger partial charge in [0.05, 0.1) is 5.02 Å². The summed E-state index contributed by atoms with van der Waals surface area (Å²) >= 11 is 9.33. The molecule has 0 aromatic heterocycles. The van der Waals surface area contributed by atoms with Crippen molar-refractivity contribution in [2.24, 2.45) is 5.84 Å². The van der Waals surface area contributed by atoms with E-state index in [1.54, 1.807) is 13.0 Å². The van der Waals surface area contributed by atoms with Crippen molar-refractivity contribution in [3.8, 4) is 5.75 Å². The Morgan fingerprint density at radius 2 is 2.25 bits per heavy atom. The first-order chi connectivity index (χ1) is 7.45. The highest BCUT2D eigenvalue weighted by atomic mass is 79.9. The van der Waals surface area contributed by atoms with Crippen LogP contribution in [0.4, 0.5) is 0 Å². The maximum absolute atomic E-state index is 11.2. The molecule has 16 heavy (non-hydrogen) atoms. The van der Waals surface area contributed by atoms with Crippen LogP contribution in [0.1, 0.15) is 12.5 Å². The van der Waals surface area contributed by atoms with Crippen LogP contribution in [0, 0.1) is 6.92 Å². The summed E-state index contributed by atoms with van der Waals surface area (Å²) in [6.07, 6.45) is -0.692. The molecular formula is C10H12BrClN2O2. The average molecular weight is 308 g/mol. The Bertz CT molecular complexity index is 389. The van der Waals surface area contributed by atoms with Crippen LogP contribution in [0.2, 0.25) is 5.02 Å². The molecule has 4 nitrogen and oxygen atoms in total. The molecule has 88 valence electrons. The normalized spacial score (nSPS) is 12.1. The van der Waals surface area contributed by atoms with Gasteiger partial charge < -0.3 is 4.74 Å². The highest BCUT2D eigenvalue weighted by Crippen LogP contribution is 2.32.